The first-order chi connectivity index (χ1) is 14.8. The lowest BCUT2D eigenvalue weighted by Crippen LogP contribution is -2.27. The molecule has 31 heavy (non-hydrogen) atoms. The van der Waals surface area contributed by atoms with E-state index < -0.39 is 10.0 Å². The molecule has 0 saturated carbocycles. The Morgan fingerprint density at radius 3 is 2.39 bits per heavy atom. The van der Waals surface area contributed by atoms with Crippen LogP contribution in [0, 0.1) is 13.8 Å². The fraction of sp³-hybridized carbons (Fsp3) is 0.286. The van der Waals surface area contributed by atoms with Crippen LogP contribution in [0.4, 0.5) is 5.69 Å². The molecule has 10 heteroatoms. The number of nitrogens with one attached hydrogen (secondary N) is 2. The lowest BCUT2D eigenvalue weighted by molar-refractivity contribution is -0.120. The van der Waals surface area contributed by atoms with Crippen molar-refractivity contribution in [2.75, 3.05) is 23.7 Å². The van der Waals surface area contributed by atoms with E-state index in [4.69, 9.17) is 0 Å². The van der Waals surface area contributed by atoms with Gasteiger partial charge in [-0.15, -0.1) is 5.10 Å². The number of amides is 1. The molecule has 0 spiro atoms. The van der Waals surface area contributed by atoms with Crippen LogP contribution < -0.4 is 9.62 Å². The van der Waals surface area contributed by atoms with Crippen LogP contribution >= 0.6 is 11.8 Å². The molecule has 3 aromatic rings. The van der Waals surface area contributed by atoms with Crippen molar-refractivity contribution in [2.45, 2.75) is 30.3 Å². The normalized spacial score (nSPS) is 11.3. The zero-order chi connectivity index (χ0) is 22.4. The second-order valence-electron chi connectivity index (χ2n) is 7.03. The van der Waals surface area contributed by atoms with E-state index in [9.17, 15) is 13.2 Å². The van der Waals surface area contributed by atoms with Crippen LogP contribution in [0.1, 0.15) is 17.0 Å². The van der Waals surface area contributed by atoms with E-state index in [0.29, 0.717) is 23.1 Å². The summed E-state index contributed by atoms with van der Waals surface area (Å²) in [6, 6.07) is 13.7. The molecular weight excluding hydrogens is 434 g/mol. The number of carbonyl (C=O) groups excluding carboxylic acids is 1. The lowest BCUT2D eigenvalue weighted by atomic mass is 10.1. The van der Waals surface area contributed by atoms with E-state index in [-0.39, 0.29) is 17.2 Å². The molecule has 0 unspecified atom stereocenters. The second kappa shape index (κ2) is 9.97. The molecule has 0 saturated heterocycles. The number of nitrogens with zero attached hydrogens (tertiary/aromatic N) is 3. The highest BCUT2D eigenvalue weighted by molar-refractivity contribution is 7.99. The third-order valence-corrected chi connectivity index (χ3v) is 7.22. The molecule has 0 fully saturated rings. The number of aromatic amines is 1. The van der Waals surface area contributed by atoms with E-state index in [0.717, 1.165) is 17.0 Å². The Morgan fingerprint density at radius 2 is 1.77 bits per heavy atom. The number of hydrogen-bond acceptors (Lipinski definition) is 6. The fourth-order valence-corrected chi connectivity index (χ4v) is 4.69. The zero-order valence-corrected chi connectivity index (χ0v) is 19.3. The summed E-state index contributed by atoms with van der Waals surface area (Å²) in [6.45, 7) is 4.25. The van der Waals surface area contributed by atoms with Gasteiger partial charge in [-0.3, -0.25) is 14.2 Å². The van der Waals surface area contributed by atoms with Crippen LogP contribution in [0.5, 0.6) is 0 Å². The van der Waals surface area contributed by atoms with Crippen molar-refractivity contribution in [1.82, 2.24) is 20.5 Å². The Hall–Kier alpha value is -2.85. The number of rotatable bonds is 9. The summed E-state index contributed by atoms with van der Waals surface area (Å²) in [5.74, 6) is 1.33. The average Bonchev–Trinajstić information content (AvgIpc) is 3.16. The minimum Gasteiger partial charge on any atom is -0.355 e. The summed E-state index contributed by atoms with van der Waals surface area (Å²) in [4.78, 5) is 16.6. The molecule has 2 aromatic carbocycles. The standard InChI is InChI=1S/C21H25N5O3S2/c1-15-4-10-19(11-5-15)31(28,29)26(3)18-8-6-17(7-9-18)14-20(27)22-12-13-30-21-23-16(2)24-25-21/h4-11H,12-14H2,1-3H3,(H,22,27)(H,23,24,25). The van der Waals surface area contributed by atoms with E-state index in [1.54, 1.807) is 48.5 Å². The summed E-state index contributed by atoms with van der Waals surface area (Å²) >= 11 is 1.47. The van der Waals surface area contributed by atoms with E-state index in [2.05, 4.69) is 20.5 Å². The van der Waals surface area contributed by atoms with Gasteiger partial charge in [0.2, 0.25) is 11.1 Å². The number of carbonyl (C=O) groups is 1. The first-order valence-electron chi connectivity index (χ1n) is 9.69. The van der Waals surface area contributed by atoms with Gasteiger partial charge in [0.15, 0.2) is 0 Å². The van der Waals surface area contributed by atoms with Crippen LogP contribution in [0.2, 0.25) is 0 Å². The number of H-pyrrole nitrogens is 1. The van der Waals surface area contributed by atoms with Crippen molar-refractivity contribution < 1.29 is 13.2 Å². The predicted octanol–water partition coefficient (Wildman–Crippen LogP) is 2.70. The van der Waals surface area contributed by atoms with E-state index in [1.165, 1.54) is 23.1 Å². The van der Waals surface area contributed by atoms with Crippen LogP contribution in [-0.4, -0.2) is 48.9 Å². The van der Waals surface area contributed by atoms with Crippen molar-refractivity contribution in [2.24, 2.45) is 0 Å². The van der Waals surface area contributed by atoms with Gasteiger partial charge in [0, 0.05) is 19.3 Å². The Labute approximate surface area is 186 Å². The molecule has 0 atom stereocenters. The zero-order valence-electron chi connectivity index (χ0n) is 17.6. The first-order valence-corrected chi connectivity index (χ1v) is 12.1. The third-order valence-electron chi connectivity index (χ3n) is 4.58. The van der Waals surface area contributed by atoms with Crippen molar-refractivity contribution in [3.8, 4) is 0 Å². The SMILES string of the molecule is Cc1ccc(S(=O)(=O)N(C)c2ccc(CC(=O)NCCSc3n[nH]c(C)n3)cc2)cc1. The fourth-order valence-electron chi connectivity index (χ4n) is 2.80. The number of aromatic nitrogens is 3. The number of aryl methyl sites for hydroxylation is 2. The molecule has 3 rings (SSSR count). The Bertz CT molecular complexity index is 1130. The van der Waals surface area contributed by atoms with Gasteiger partial charge in [0.05, 0.1) is 17.0 Å². The topological polar surface area (TPSA) is 108 Å². The molecule has 0 aliphatic carbocycles. The monoisotopic (exact) mass is 459 g/mol. The Morgan fingerprint density at radius 1 is 1.10 bits per heavy atom. The summed E-state index contributed by atoms with van der Waals surface area (Å²) in [7, 11) is -2.12. The molecule has 1 aromatic heterocycles. The maximum Gasteiger partial charge on any atom is 0.264 e. The average molecular weight is 460 g/mol. The molecule has 1 heterocycles. The molecule has 2 N–H and O–H groups in total. The van der Waals surface area contributed by atoms with Gasteiger partial charge in [0.1, 0.15) is 5.82 Å². The number of hydrogen-bond donors (Lipinski definition) is 2. The van der Waals surface area contributed by atoms with Crippen LogP contribution in [-0.2, 0) is 21.2 Å². The molecule has 0 bridgehead atoms. The van der Waals surface area contributed by atoms with Gasteiger partial charge in [-0.25, -0.2) is 13.4 Å². The second-order valence-corrected chi connectivity index (χ2v) is 10.1. The quantitative estimate of drug-likeness (QED) is 0.376. The summed E-state index contributed by atoms with van der Waals surface area (Å²) in [6.07, 6.45) is 0.221. The number of thioether (sulfide) groups is 1. The number of anilines is 1. The number of sulfonamides is 1. The highest BCUT2D eigenvalue weighted by Crippen LogP contribution is 2.23. The third kappa shape index (κ3) is 6.08. The van der Waals surface area contributed by atoms with E-state index in [1.807, 2.05) is 13.8 Å². The lowest BCUT2D eigenvalue weighted by Gasteiger charge is -2.20. The van der Waals surface area contributed by atoms with Gasteiger partial charge in [-0.05, 0) is 43.7 Å². The van der Waals surface area contributed by atoms with Gasteiger partial charge in [-0.2, -0.15) is 0 Å². The van der Waals surface area contributed by atoms with Crippen LogP contribution in [0.15, 0.2) is 58.6 Å². The smallest absolute Gasteiger partial charge is 0.264 e. The number of benzene rings is 2. The summed E-state index contributed by atoms with van der Waals surface area (Å²) in [5, 5.41) is 10.3. The minimum absolute atomic E-state index is 0.0971. The molecule has 1 amide bonds. The van der Waals surface area contributed by atoms with Crippen molar-refractivity contribution >= 4 is 33.4 Å². The molecule has 0 aliphatic rings. The molecular formula is C21H25N5O3S2. The van der Waals surface area contributed by atoms with Crippen molar-refractivity contribution in [3.05, 3.63) is 65.5 Å². The highest BCUT2D eigenvalue weighted by atomic mass is 32.2. The van der Waals surface area contributed by atoms with Crippen LogP contribution in [0.3, 0.4) is 0 Å². The Kier molecular flexibility index (Phi) is 7.34. The van der Waals surface area contributed by atoms with Gasteiger partial charge in [0.25, 0.3) is 10.0 Å². The Balaban J connectivity index is 1.52. The van der Waals surface area contributed by atoms with Gasteiger partial charge >= 0.3 is 0 Å². The van der Waals surface area contributed by atoms with Crippen LogP contribution in [0.25, 0.3) is 0 Å². The van der Waals surface area contributed by atoms with Crippen molar-refractivity contribution in [1.29, 1.82) is 0 Å². The molecule has 8 nitrogen and oxygen atoms in total. The van der Waals surface area contributed by atoms with E-state index >= 15 is 0 Å². The maximum absolute atomic E-state index is 12.8. The van der Waals surface area contributed by atoms with Crippen molar-refractivity contribution in [3.63, 3.8) is 0 Å². The van der Waals surface area contributed by atoms with Gasteiger partial charge < -0.3 is 5.32 Å². The highest BCUT2D eigenvalue weighted by Gasteiger charge is 2.21. The molecule has 0 aliphatic heterocycles. The minimum atomic E-state index is -3.64. The van der Waals surface area contributed by atoms with Gasteiger partial charge in [-0.1, -0.05) is 41.6 Å². The molecule has 164 valence electrons. The first kappa shape index (κ1) is 22.8. The summed E-state index contributed by atoms with van der Waals surface area (Å²) < 4.78 is 26.9. The predicted molar refractivity (Wildman–Crippen MR) is 122 cm³/mol. The largest absolute Gasteiger partial charge is 0.355 e. The molecule has 0 radical (unpaired) electrons. The summed E-state index contributed by atoms with van der Waals surface area (Å²) in [5.41, 5.74) is 2.33. The maximum atomic E-state index is 12.8.